The molecule has 4 aliphatic carbocycles. The number of nitrogens with zero attached hydrogens (tertiary/aromatic N) is 3. The third-order valence-electron chi connectivity index (χ3n) is 7.01. The second-order valence-electron chi connectivity index (χ2n) is 8.88. The molecule has 1 unspecified atom stereocenters. The number of amides is 1. The summed E-state index contributed by atoms with van der Waals surface area (Å²) in [5.74, 6) is 3.71. The van der Waals surface area contributed by atoms with Gasteiger partial charge in [0.1, 0.15) is 6.10 Å². The summed E-state index contributed by atoms with van der Waals surface area (Å²) < 4.78 is 11.1. The van der Waals surface area contributed by atoms with Crippen LogP contribution in [0.4, 0.5) is 0 Å². The van der Waals surface area contributed by atoms with Crippen LogP contribution in [0.5, 0.6) is 11.8 Å². The Kier molecular flexibility index (Phi) is 3.83. The molecule has 0 spiro atoms. The van der Waals surface area contributed by atoms with E-state index in [1.807, 2.05) is 0 Å². The van der Waals surface area contributed by atoms with Crippen molar-refractivity contribution in [3.63, 3.8) is 0 Å². The molecule has 1 saturated heterocycles. The van der Waals surface area contributed by atoms with Gasteiger partial charge in [-0.25, -0.2) is 0 Å². The molecule has 1 aromatic rings. The smallest absolute Gasteiger partial charge is 0.235 e. The average molecular weight is 357 g/mol. The highest BCUT2D eigenvalue weighted by atomic mass is 16.5. The van der Waals surface area contributed by atoms with Gasteiger partial charge in [0.2, 0.25) is 17.7 Å². The summed E-state index contributed by atoms with van der Waals surface area (Å²) in [6.07, 6.45) is 11.5. The van der Waals surface area contributed by atoms with Gasteiger partial charge >= 0.3 is 0 Å². The number of hydrogen-bond acceptors (Lipinski definition) is 5. The fourth-order valence-electron chi connectivity index (χ4n) is 6.37. The Morgan fingerprint density at radius 2 is 1.77 bits per heavy atom. The van der Waals surface area contributed by atoms with Gasteiger partial charge in [0.05, 0.1) is 31.5 Å². The number of methoxy groups -OCH3 is 1. The van der Waals surface area contributed by atoms with Gasteiger partial charge in [-0.15, -0.1) is 0 Å². The van der Waals surface area contributed by atoms with Gasteiger partial charge in [0.15, 0.2) is 0 Å². The van der Waals surface area contributed by atoms with Crippen molar-refractivity contribution in [2.75, 3.05) is 20.2 Å². The predicted octanol–water partition coefficient (Wildman–Crippen LogP) is 2.68. The molecular formula is C20H27N3O3. The van der Waals surface area contributed by atoms with E-state index in [9.17, 15) is 4.79 Å². The SMILES string of the molecule is COc1cncc(OC2CCN(C(=O)C34CC5CC(CC(C5)C3)C4)C2)n1. The zero-order valence-electron chi connectivity index (χ0n) is 15.4. The highest BCUT2D eigenvalue weighted by molar-refractivity contribution is 5.83. The molecule has 6 rings (SSSR count). The molecule has 1 aromatic heterocycles. The van der Waals surface area contributed by atoms with Crippen molar-refractivity contribution < 1.29 is 14.3 Å². The van der Waals surface area contributed by atoms with E-state index in [0.29, 0.717) is 24.2 Å². The Morgan fingerprint density at radius 3 is 2.42 bits per heavy atom. The van der Waals surface area contributed by atoms with Crippen LogP contribution in [0, 0.1) is 23.2 Å². The number of carbonyl (C=O) groups excluding carboxylic acids is 1. The molecule has 6 nitrogen and oxygen atoms in total. The third kappa shape index (κ3) is 2.74. The first-order valence-corrected chi connectivity index (χ1v) is 9.95. The molecule has 4 saturated carbocycles. The van der Waals surface area contributed by atoms with Crippen LogP contribution in [0.1, 0.15) is 44.9 Å². The molecular weight excluding hydrogens is 330 g/mol. The second kappa shape index (κ2) is 6.10. The minimum atomic E-state index is -0.0561. The first kappa shape index (κ1) is 16.3. The zero-order valence-corrected chi connectivity index (χ0v) is 15.4. The molecule has 1 amide bonds. The third-order valence-corrected chi connectivity index (χ3v) is 7.01. The lowest BCUT2D eigenvalue weighted by Crippen LogP contribution is -2.54. The lowest BCUT2D eigenvalue weighted by Gasteiger charge is -2.56. The van der Waals surface area contributed by atoms with Crippen LogP contribution >= 0.6 is 0 Å². The Bertz CT molecular complexity index is 672. The van der Waals surface area contributed by atoms with Crippen LogP contribution in [0.25, 0.3) is 0 Å². The van der Waals surface area contributed by atoms with Crippen LogP contribution in [-0.4, -0.2) is 47.1 Å². The first-order valence-electron chi connectivity index (χ1n) is 9.95. The van der Waals surface area contributed by atoms with E-state index in [0.717, 1.165) is 50.0 Å². The van der Waals surface area contributed by atoms with Crippen molar-refractivity contribution in [2.24, 2.45) is 23.2 Å². The Morgan fingerprint density at radius 1 is 1.12 bits per heavy atom. The summed E-state index contributed by atoms with van der Waals surface area (Å²) in [5.41, 5.74) is -0.0561. The summed E-state index contributed by atoms with van der Waals surface area (Å²) in [6, 6.07) is 0. The van der Waals surface area contributed by atoms with E-state index in [1.165, 1.54) is 19.3 Å². The van der Waals surface area contributed by atoms with Crippen LogP contribution in [0.15, 0.2) is 12.4 Å². The van der Waals surface area contributed by atoms with Crippen LogP contribution in [0.2, 0.25) is 0 Å². The molecule has 5 aliphatic rings. The zero-order chi connectivity index (χ0) is 17.7. The molecule has 5 fully saturated rings. The fraction of sp³-hybridized carbons (Fsp3) is 0.750. The van der Waals surface area contributed by atoms with Crippen LogP contribution < -0.4 is 9.47 Å². The molecule has 26 heavy (non-hydrogen) atoms. The molecule has 6 heteroatoms. The maximum atomic E-state index is 13.4. The Hall–Kier alpha value is -1.85. The van der Waals surface area contributed by atoms with Gasteiger partial charge in [0.25, 0.3) is 0 Å². The first-order chi connectivity index (χ1) is 12.6. The maximum Gasteiger partial charge on any atom is 0.235 e. The highest BCUT2D eigenvalue weighted by Crippen LogP contribution is 2.60. The minimum Gasteiger partial charge on any atom is -0.480 e. The van der Waals surface area contributed by atoms with Crippen molar-refractivity contribution in [1.82, 2.24) is 14.9 Å². The number of likely N-dealkylation sites (tertiary alicyclic amines) is 1. The number of carbonyl (C=O) groups is 1. The molecule has 1 atom stereocenters. The predicted molar refractivity (Wildman–Crippen MR) is 94.8 cm³/mol. The fourth-order valence-corrected chi connectivity index (χ4v) is 6.37. The van der Waals surface area contributed by atoms with Gasteiger partial charge in [-0.3, -0.25) is 9.78 Å². The van der Waals surface area contributed by atoms with Gasteiger partial charge in [-0.05, 0) is 56.3 Å². The Balaban J connectivity index is 1.25. The van der Waals surface area contributed by atoms with E-state index in [4.69, 9.17) is 9.47 Å². The van der Waals surface area contributed by atoms with E-state index in [-0.39, 0.29) is 11.5 Å². The minimum absolute atomic E-state index is 0.00531. The standard InChI is InChI=1S/C20H27N3O3/c1-25-17-10-21-11-18(22-17)26-16-2-3-23(12-16)19(24)20-7-13-4-14(8-20)6-15(5-13)9-20/h10-11,13-16H,2-9,12H2,1H3. The van der Waals surface area contributed by atoms with Crippen molar-refractivity contribution >= 4 is 5.91 Å². The number of aromatic nitrogens is 2. The summed E-state index contributed by atoms with van der Waals surface area (Å²) >= 11 is 0. The van der Waals surface area contributed by atoms with Gasteiger partial charge in [0, 0.05) is 13.0 Å². The molecule has 0 radical (unpaired) electrons. The Labute approximate surface area is 154 Å². The highest BCUT2D eigenvalue weighted by Gasteiger charge is 2.56. The maximum absolute atomic E-state index is 13.4. The van der Waals surface area contributed by atoms with Gasteiger partial charge < -0.3 is 14.4 Å². The van der Waals surface area contributed by atoms with E-state index in [2.05, 4.69) is 14.9 Å². The average Bonchev–Trinajstić information content (AvgIpc) is 3.08. The van der Waals surface area contributed by atoms with Crippen molar-refractivity contribution in [1.29, 1.82) is 0 Å². The summed E-state index contributed by atoms with van der Waals surface area (Å²) in [5, 5.41) is 0. The van der Waals surface area contributed by atoms with Crippen LogP contribution in [-0.2, 0) is 4.79 Å². The lowest BCUT2D eigenvalue weighted by atomic mass is 9.49. The van der Waals surface area contributed by atoms with Gasteiger partial charge in [-0.1, -0.05) is 0 Å². The van der Waals surface area contributed by atoms with E-state index in [1.54, 1.807) is 19.5 Å². The number of ether oxygens (including phenoxy) is 2. The molecule has 140 valence electrons. The molecule has 1 aliphatic heterocycles. The van der Waals surface area contributed by atoms with E-state index < -0.39 is 0 Å². The van der Waals surface area contributed by atoms with Crippen LogP contribution in [0.3, 0.4) is 0 Å². The summed E-state index contributed by atoms with van der Waals surface area (Å²) in [6.45, 7) is 1.46. The topological polar surface area (TPSA) is 64.6 Å². The van der Waals surface area contributed by atoms with Crippen molar-refractivity contribution in [3.8, 4) is 11.8 Å². The molecule has 0 N–H and O–H groups in total. The normalized spacial score (nSPS) is 37.8. The van der Waals surface area contributed by atoms with Gasteiger partial charge in [-0.2, -0.15) is 4.98 Å². The number of rotatable bonds is 4. The van der Waals surface area contributed by atoms with E-state index >= 15 is 0 Å². The van der Waals surface area contributed by atoms with Crippen molar-refractivity contribution in [2.45, 2.75) is 51.0 Å². The second-order valence-corrected chi connectivity index (χ2v) is 8.88. The largest absolute Gasteiger partial charge is 0.480 e. The summed E-state index contributed by atoms with van der Waals surface area (Å²) in [4.78, 5) is 23.8. The lowest BCUT2D eigenvalue weighted by molar-refractivity contribution is -0.156. The molecule has 2 heterocycles. The summed E-state index contributed by atoms with van der Waals surface area (Å²) in [7, 11) is 1.56. The number of hydrogen-bond donors (Lipinski definition) is 0. The quantitative estimate of drug-likeness (QED) is 0.829. The van der Waals surface area contributed by atoms with Crippen molar-refractivity contribution in [3.05, 3.63) is 12.4 Å². The monoisotopic (exact) mass is 357 g/mol. The molecule has 4 bridgehead atoms. The molecule has 0 aromatic carbocycles.